The number of hydrogen-bond acceptors (Lipinski definition) is 3. The molecule has 0 saturated carbocycles. The van der Waals surface area contributed by atoms with Crippen LogP contribution in [0.1, 0.15) is 18.2 Å². The second-order valence-electron chi connectivity index (χ2n) is 4.59. The summed E-state index contributed by atoms with van der Waals surface area (Å²) in [6.45, 7) is 2.42. The van der Waals surface area contributed by atoms with Crippen LogP contribution in [0.25, 0.3) is 0 Å². The van der Waals surface area contributed by atoms with E-state index >= 15 is 0 Å². The Kier molecular flexibility index (Phi) is 5.45. The number of halogens is 1. The monoisotopic (exact) mass is 327 g/mol. The van der Waals surface area contributed by atoms with Crippen molar-refractivity contribution >= 4 is 21.6 Å². The topological polar surface area (TPSA) is 50.5 Å². The summed E-state index contributed by atoms with van der Waals surface area (Å²) in [6, 6.07) is 10.4. The summed E-state index contributed by atoms with van der Waals surface area (Å²) in [5, 5.41) is 0. The first-order valence-corrected chi connectivity index (χ1v) is 8.73. The van der Waals surface area contributed by atoms with Crippen molar-refractivity contribution in [2.75, 3.05) is 12.4 Å². The molecule has 21 heavy (non-hydrogen) atoms. The zero-order valence-electron chi connectivity index (χ0n) is 11.8. The van der Waals surface area contributed by atoms with Crippen molar-refractivity contribution in [3.05, 3.63) is 54.0 Å². The first kappa shape index (κ1) is 16.1. The van der Waals surface area contributed by atoms with E-state index in [0.29, 0.717) is 18.2 Å². The molecule has 2 rings (SSSR count). The van der Waals surface area contributed by atoms with Crippen LogP contribution >= 0.6 is 11.6 Å². The van der Waals surface area contributed by atoms with Gasteiger partial charge in [-0.25, -0.2) is 8.42 Å². The average Bonchev–Trinajstić information content (AvgIpc) is 2.98. The van der Waals surface area contributed by atoms with Crippen LogP contribution in [0.5, 0.6) is 0 Å². The summed E-state index contributed by atoms with van der Waals surface area (Å²) in [4.78, 5) is 0.286. The van der Waals surface area contributed by atoms with Gasteiger partial charge in [0.05, 0.1) is 17.7 Å². The molecule has 0 aliphatic rings. The molecule has 1 aromatic heterocycles. The number of rotatable bonds is 7. The Morgan fingerprint density at radius 3 is 2.43 bits per heavy atom. The normalized spacial score (nSPS) is 12.0. The van der Waals surface area contributed by atoms with Crippen LogP contribution < -0.4 is 0 Å². The Morgan fingerprint density at radius 1 is 1.19 bits per heavy atom. The summed E-state index contributed by atoms with van der Waals surface area (Å²) in [6.07, 6.45) is 2.27. The van der Waals surface area contributed by atoms with E-state index in [0.717, 1.165) is 12.0 Å². The average molecular weight is 328 g/mol. The molecule has 0 spiro atoms. The van der Waals surface area contributed by atoms with Gasteiger partial charge in [-0.05, 0) is 36.2 Å². The van der Waals surface area contributed by atoms with Crippen molar-refractivity contribution < 1.29 is 12.8 Å². The molecule has 2 aromatic rings. The van der Waals surface area contributed by atoms with E-state index in [4.69, 9.17) is 16.0 Å². The molecule has 0 fully saturated rings. The van der Waals surface area contributed by atoms with Gasteiger partial charge in [0.2, 0.25) is 10.0 Å². The predicted molar refractivity (Wildman–Crippen MR) is 82.8 cm³/mol. The molecule has 114 valence electrons. The fraction of sp³-hybridized carbons (Fsp3) is 0.333. The molecule has 1 aromatic carbocycles. The predicted octanol–water partition coefficient (Wildman–Crippen LogP) is 3.27. The quantitative estimate of drug-likeness (QED) is 0.733. The Hall–Kier alpha value is -1.30. The molecule has 4 nitrogen and oxygen atoms in total. The van der Waals surface area contributed by atoms with E-state index < -0.39 is 10.0 Å². The number of hydrogen-bond donors (Lipinski definition) is 0. The van der Waals surface area contributed by atoms with Crippen LogP contribution in [0.4, 0.5) is 0 Å². The molecule has 0 amide bonds. The molecule has 6 heteroatoms. The first-order chi connectivity index (χ1) is 10.1. The molecule has 1 heterocycles. The van der Waals surface area contributed by atoms with E-state index in [9.17, 15) is 8.42 Å². The fourth-order valence-corrected chi connectivity index (χ4v) is 3.66. The van der Waals surface area contributed by atoms with Crippen molar-refractivity contribution in [3.63, 3.8) is 0 Å². The zero-order valence-corrected chi connectivity index (χ0v) is 13.4. The van der Waals surface area contributed by atoms with Crippen LogP contribution in [-0.2, 0) is 23.0 Å². The van der Waals surface area contributed by atoms with E-state index in [1.54, 1.807) is 36.4 Å². The number of sulfonamides is 1. The van der Waals surface area contributed by atoms with Gasteiger partial charge in [0.1, 0.15) is 5.76 Å². The molecule has 0 saturated heterocycles. The van der Waals surface area contributed by atoms with E-state index in [-0.39, 0.29) is 11.4 Å². The molecular weight excluding hydrogens is 310 g/mol. The molecular formula is C15H18ClNO3S. The van der Waals surface area contributed by atoms with Gasteiger partial charge in [0.15, 0.2) is 0 Å². The molecule has 0 bridgehead atoms. The molecule has 0 atom stereocenters. The minimum atomic E-state index is -3.52. The van der Waals surface area contributed by atoms with E-state index in [1.165, 1.54) is 10.6 Å². The number of furan rings is 1. The second-order valence-corrected chi connectivity index (χ2v) is 6.91. The summed E-state index contributed by atoms with van der Waals surface area (Å²) in [7, 11) is -3.52. The number of nitrogens with zero attached hydrogens (tertiary/aromatic N) is 1. The highest BCUT2D eigenvalue weighted by Crippen LogP contribution is 2.19. The van der Waals surface area contributed by atoms with Crippen molar-refractivity contribution in [2.45, 2.75) is 24.8 Å². The largest absolute Gasteiger partial charge is 0.468 e. The van der Waals surface area contributed by atoms with Crippen LogP contribution in [0, 0.1) is 0 Å². The highest BCUT2D eigenvalue weighted by molar-refractivity contribution is 7.89. The fourth-order valence-electron chi connectivity index (χ4n) is 2.03. The third kappa shape index (κ3) is 3.87. The van der Waals surface area contributed by atoms with E-state index in [1.807, 2.05) is 6.92 Å². The number of alkyl halides is 1. The Morgan fingerprint density at radius 2 is 1.90 bits per heavy atom. The maximum absolute atomic E-state index is 12.6. The highest BCUT2D eigenvalue weighted by atomic mass is 35.5. The van der Waals surface area contributed by atoms with Gasteiger partial charge in [-0.1, -0.05) is 19.1 Å². The molecule has 0 unspecified atom stereocenters. The van der Waals surface area contributed by atoms with Crippen molar-refractivity contribution in [3.8, 4) is 0 Å². The summed E-state index contributed by atoms with van der Waals surface area (Å²) in [5.74, 6) is 1.14. The highest BCUT2D eigenvalue weighted by Gasteiger charge is 2.23. The number of benzene rings is 1. The van der Waals surface area contributed by atoms with Crippen molar-refractivity contribution in [1.82, 2.24) is 4.31 Å². The molecule has 0 N–H and O–H groups in total. The Bertz CT molecular complexity index is 651. The van der Waals surface area contributed by atoms with Crippen LogP contribution in [0.15, 0.2) is 52.0 Å². The van der Waals surface area contributed by atoms with Gasteiger partial charge in [-0.15, -0.1) is 11.6 Å². The lowest BCUT2D eigenvalue weighted by atomic mass is 10.2. The lowest BCUT2D eigenvalue weighted by Crippen LogP contribution is -2.30. The van der Waals surface area contributed by atoms with Gasteiger partial charge >= 0.3 is 0 Å². The molecule has 0 aliphatic heterocycles. The van der Waals surface area contributed by atoms with Gasteiger partial charge in [-0.3, -0.25) is 0 Å². The van der Waals surface area contributed by atoms with Gasteiger partial charge in [-0.2, -0.15) is 4.31 Å². The van der Waals surface area contributed by atoms with Crippen LogP contribution in [-0.4, -0.2) is 25.1 Å². The van der Waals surface area contributed by atoms with Gasteiger partial charge in [0.25, 0.3) is 0 Å². The minimum absolute atomic E-state index is 0.231. The lowest BCUT2D eigenvalue weighted by molar-refractivity contribution is 0.375. The Balaban J connectivity index is 2.22. The summed E-state index contributed by atoms with van der Waals surface area (Å²) >= 11 is 5.68. The number of aryl methyl sites for hydroxylation is 1. The Labute approximate surface area is 130 Å². The maximum atomic E-state index is 12.6. The minimum Gasteiger partial charge on any atom is -0.468 e. The SMILES string of the molecule is CCN(Cc1ccco1)S(=O)(=O)c1ccc(CCCl)cc1. The maximum Gasteiger partial charge on any atom is 0.243 e. The third-order valence-corrected chi connectivity index (χ3v) is 5.33. The lowest BCUT2D eigenvalue weighted by Gasteiger charge is -2.19. The summed E-state index contributed by atoms with van der Waals surface area (Å²) in [5.41, 5.74) is 1.03. The van der Waals surface area contributed by atoms with Crippen LogP contribution in [0.3, 0.4) is 0 Å². The van der Waals surface area contributed by atoms with Crippen LogP contribution in [0.2, 0.25) is 0 Å². The smallest absolute Gasteiger partial charge is 0.243 e. The first-order valence-electron chi connectivity index (χ1n) is 6.75. The van der Waals surface area contributed by atoms with Crippen molar-refractivity contribution in [2.24, 2.45) is 0 Å². The molecule has 0 radical (unpaired) electrons. The standard InChI is InChI=1S/C15H18ClNO3S/c1-2-17(12-14-4-3-11-20-14)21(18,19)15-7-5-13(6-8-15)9-10-16/h3-8,11H,2,9-10,12H2,1H3. The summed E-state index contributed by atoms with van der Waals surface area (Å²) < 4.78 is 31.9. The second kappa shape index (κ2) is 7.11. The van der Waals surface area contributed by atoms with Crippen molar-refractivity contribution in [1.29, 1.82) is 0 Å². The van der Waals surface area contributed by atoms with Gasteiger partial charge in [0, 0.05) is 12.4 Å². The van der Waals surface area contributed by atoms with E-state index in [2.05, 4.69) is 0 Å². The molecule has 0 aliphatic carbocycles. The third-order valence-electron chi connectivity index (χ3n) is 3.21. The van der Waals surface area contributed by atoms with Gasteiger partial charge < -0.3 is 4.42 Å². The zero-order chi connectivity index (χ0) is 15.3.